The summed E-state index contributed by atoms with van der Waals surface area (Å²) in [6.45, 7) is 0.840. The van der Waals surface area contributed by atoms with E-state index in [9.17, 15) is 4.39 Å². The Morgan fingerprint density at radius 3 is 2.25 bits per heavy atom. The molecule has 3 nitrogen and oxygen atoms in total. The normalized spacial score (nSPS) is 13.1. The number of hydrogen-bond donors (Lipinski definition) is 2. The van der Waals surface area contributed by atoms with E-state index in [2.05, 4.69) is 10.3 Å². The van der Waals surface area contributed by atoms with Crippen LogP contribution in [0.25, 0.3) is 0 Å². The van der Waals surface area contributed by atoms with E-state index >= 15 is 4.39 Å². The van der Waals surface area contributed by atoms with Gasteiger partial charge in [0.25, 0.3) is 0 Å². The molecule has 0 saturated heterocycles. The third-order valence-corrected chi connectivity index (χ3v) is 6.26. The Labute approximate surface area is 171 Å². The van der Waals surface area contributed by atoms with Gasteiger partial charge in [-0.25, -0.2) is 4.39 Å². The van der Waals surface area contributed by atoms with Gasteiger partial charge in [0.2, 0.25) is 5.95 Å². The van der Waals surface area contributed by atoms with Crippen molar-refractivity contribution >= 4 is 29.2 Å². The van der Waals surface area contributed by atoms with Crippen molar-refractivity contribution in [1.29, 1.82) is 0 Å². The summed E-state index contributed by atoms with van der Waals surface area (Å²) in [7, 11) is 0. The van der Waals surface area contributed by atoms with Gasteiger partial charge in [-0.3, -0.25) is 0 Å². The number of nitrogens with one attached hydrogen (secondary N) is 1. The molecule has 0 bridgehead atoms. The zero-order valence-electron chi connectivity index (χ0n) is 14.9. The van der Waals surface area contributed by atoms with Crippen molar-refractivity contribution in [3.63, 3.8) is 0 Å². The standard InChI is InChI=1S/C21H18ClF2N3S/c22-18-17(19(23)21(27-20(18)24)26-11-5-10-25)16-12-6-1-3-8-14(12)28-15-9-4-2-7-13(15)16/h1-4,6-9,16H,5,10-11,25H2,(H,26,27). The average molecular weight is 418 g/mol. The number of rotatable bonds is 5. The number of benzene rings is 2. The topological polar surface area (TPSA) is 50.9 Å². The summed E-state index contributed by atoms with van der Waals surface area (Å²) in [5, 5.41) is 2.55. The molecule has 28 heavy (non-hydrogen) atoms. The summed E-state index contributed by atoms with van der Waals surface area (Å²) >= 11 is 7.88. The van der Waals surface area contributed by atoms with E-state index in [0.29, 0.717) is 19.5 Å². The lowest BCUT2D eigenvalue weighted by molar-refractivity contribution is 0.550. The van der Waals surface area contributed by atoms with Crippen molar-refractivity contribution < 1.29 is 8.78 Å². The molecule has 1 aliphatic heterocycles. The second-order valence-corrected chi connectivity index (χ2v) is 7.93. The van der Waals surface area contributed by atoms with Gasteiger partial charge in [0.15, 0.2) is 11.6 Å². The Kier molecular flexibility index (Phi) is 5.53. The van der Waals surface area contributed by atoms with Gasteiger partial charge in [-0.1, -0.05) is 59.8 Å². The molecule has 1 aliphatic rings. The Bertz CT molecular complexity index is 983. The number of pyridine rings is 1. The predicted octanol–water partition coefficient (Wildman–Crippen LogP) is 5.42. The monoisotopic (exact) mass is 417 g/mol. The van der Waals surface area contributed by atoms with Gasteiger partial charge in [-0.2, -0.15) is 9.37 Å². The third kappa shape index (κ3) is 3.36. The molecule has 2 heterocycles. The number of nitrogens with two attached hydrogens (primary N) is 1. The lowest BCUT2D eigenvalue weighted by atomic mass is 9.84. The molecule has 0 unspecified atom stereocenters. The molecule has 2 aromatic carbocycles. The average Bonchev–Trinajstić information content (AvgIpc) is 2.71. The van der Waals surface area contributed by atoms with Gasteiger partial charge in [-0.15, -0.1) is 0 Å². The van der Waals surface area contributed by atoms with Crippen molar-refractivity contribution in [2.75, 3.05) is 18.4 Å². The Hall–Kier alpha value is -2.15. The summed E-state index contributed by atoms with van der Waals surface area (Å²) < 4.78 is 30.1. The van der Waals surface area contributed by atoms with Crippen molar-refractivity contribution in [2.45, 2.75) is 22.1 Å². The zero-order chi connectivity index (χ0) is 19.7. The number of anilines is 1. The molecule has 0 fully saturated rings. The smallest absolute Gasteiger partial charge is 0.234 e. The van der Waals surface area contributed by atoms with Crippen LogP contribution in [0.1, 0.15) is 29.0 Å². The number of nitrogens with zero attached hydrogens (tertiary/aromatic N) is 1. The lowest BCUT2D eigenvalue weighted by Crippen LogP contribution is -2.17. The number of fused-ring (bicyclic) bond motifs is 2. The molecular weight excluding hydrogens is 400 g/mol. The van der Waals surface area contributed by atoms with E-state index in [1.165, 1.54) is 0 Å². The molecule has 0 atom stereocenters. The number of hydrogen-bond acceptors (Lipinski definition) is 4. The molecule has 7 heteroatoms. The van der Waals surface area contributed by atoms with E-state index in [1.54, 1.807) is 11.8 Å². The van der Waals surface area contributed by atoms with Crippen molar-refractivity contribution in [2.24, 2.45) is 5.73 Å². The fourth-order valence-electron chi connectivity index (χ4n) is 3.43. The second-order valence-electron chi connectivity index (χ2n) is 6.47. The molecule has 144 valence electrons. The maximum absolute atomic E-state index is 15.5. The lowest BCUT2D eigenvalue weighted by Gasteiger charge is -2.29. The summed E-state index contributed by atoms with van der Waals surface area (Å²) in [5.41, 5.74) is 7.38. The van der Waals surface area contributed by atoms with Crippen LogP contribution in [0, 0.1) is 11.8 Å². The fraction of sp³-hybridized carbons (Fsp3) is 0.190. The number of halogens is 3. The van der Waals surface area contributed by atoms with Crippen LogP contribution in [0.3, 0.4) is 0 Å². The van der Waals surface area contributed by atoms with Crippen LogP contribution in [0.15, 0.2) is 58.3 Å². The zero-order valence-corrected chi connectivity index (χ0v) is 16.5. The van der Waals surface area contributed by atoms with Crippen LogP contribution in [-0.2, 0) is 0 Å². The van der Waals surface area contributed by atoms with Crippen LogP contribution < -0.4 is 11.1 Å². The first-order chi connectivity index (χ1) is 13.6. The molecule has 4 rings (SSSR count). The highest BCUT2D eigenvalue weighted by Gasteiger charge is 2.33. The van der Waals surface area contributed by atoms with Crippen molar-refractivity contribution in [1.82, 2.24) is 4.98 Å². The van der Waals surface area contributed by atoms with Crippen LogP contribution in [0.2, 0.25) is 5.02 Å². The van der Waals surface area contributed by atoms with Gasteiger partial charge in [-0.05, 0) is 36.2 Å². The molecule has 0 spiro atoms. The predicted molar refractivity (Wildman–Crippen MR) is 109 cm³/mol. The first-order valence-electron chi connectivity index (χ1n) is 8.95. The van der Waals surface area contributed by atoms with Gasteiger partial charge in [0.1, 0.15) is 5.02 Å². The molecule has 1 aromatic heterocycles. The quantitative estimate of drug-likeness (QED) is 0.336. The molecule has 3 aromatic rings. The number of aromatic nitrogens is 1. The summed E-state index contributed by atoms with van der Waals surface area (Å²) in [4.78, 5) is 5.67. The molecular formula is C21H18ClF2N3S. The Balaban J connectivity index is 1.92. The van der Waals surface area contributed by atoms with Crippen LogP contribution in [-0.4, -0.2) is 18.1 Å². The molecule has 0 radical (unpaired) electrons. The van der Waals surface area contributed by atoms with E-state index in [4.69, 9.17) is 17.3 Å². The largest absolute Gasteiger partial charge is 0.367 e. The Morgan fingerprint density at radius 1 is 1.04 bits per heavy atom. The van der Waals surface area contributed by atoms with Gasteiger partial charge in [0.05, 0.1) is 0 Å². The highest BCUT2D eigenvalue weighted by atomic mass is 35.5. The van der Waals surface area contributed by atoms with Gasteiger partial charge in [0, 0.05) is 27.8 Å². The first kappa shape index (κ1) is 19.2. The second kappa shape index (κ2) is 8.07. The first-order valence-corrected chi connectivity index (χ1v) is 10.1. The summed E-state index contributed by atoms with van der Waals surface area (Å²) in [6.07, 6.45) is 0.617. The van der Waals surface area contributed by atoms with Gasteiger partial charge >= 0.3 is 0 Å². The van der Waals surface area contributed by atoms with Crippen LogP contribution >= 0.6 is 23.4 Å². The van der Waals surface area contributed by atoms with E-state index in [1.807, 2.05) is 48.5 Å². The minimum atomic E-state index is -0.887. The van der Waals surface area contributed by atoms with E-state index in [-0.39, 0.29) is 16.4 Å². The van der Waals surface area contributed by atoms with E-state index in [0.717, 1.165) is 20.9 Å². The third-order valence-electron chi connectivity index (χ3n) is 4.71. The maximum Gasteiger partial charge on any atom is 0.234 e. The summed E-state index contributed by atoms with van der Waals surface area (Å²) in [6, 6.07) is 15.5. The minimum Gasteiger partial charge on any atom is -0.367 e. The van der Waals surface area contributed by atoms with Gasteiger partial charge < -0.3 is 11.1 Å². The fourth-order valence-corrected chi connectivity index (χ4v) is 4.80. The molecule has 0 amide bonds. The van der Waals surface area contributed by atoms with Crippen molar-refractivity contribution in [3.05, 3.63) is 82.0 Å². The maximum atomic E-state index is 15.5. The van der Waals surface area contributed by atoms with E-state index < -0.39 is 17.7 Å². The van der Waals surface area contributed by atoms with Crippen LogP contribution in [0.4, 0.5) is 14.6 Å². The Morgan fingerprint density at radius 2 is 1.64 bits per heavy atom. The highest BCUT2D eigenvalue weighted by molar-refractivity contribution is 7.99. The van der Waals surface area contributed by atoms with Crippen LogP contribution in [0.5, 0.6) is 0 Å². The highest BCUT2D eigenvalue weighted by Crippen LogP contribution is 2.50. The molecule has 3 N–H and O–H groups in total. The minimum absolute atomic E-state index is 0.101. The molecule has 0 saturated carbocycles. The summed E-state index contributed by atoms with van der Waals surface area (Å²) in [5.74, 6) is -2.18. The SMILES string of the molecule is NCCCNc1nc(F)c(Cl)c(C2c3ccccc3Sc3ccccc32)c1F. The molecule has 0 aliphatic carbocycles. The van der Waals surface area contributed by atoms with Crippen molar-refractivity contribution in [3.8, 4) is 0 Å².